The highest BCUT2D eigenvalue weighted by molar-refractivity contribution is 5.78. The summed E-state index contributed by atoms with van der Waals surface area (Å²) < 4.78 is 5.70. The minimum Gasteiger partial charge on any atom is -0.421 e. The smallest absolute Gasteiger partial charge is 0.258 e. The number of aromatic nitrogens is 4. The molecule has 0 spiro atoms. The Bertz CT molecular complexity index is 1260. The van der Waals surface area contributed by atoms with Crippen LogP contribution >= 0.6 is 0 Å². The minimum atomic E-state index is -0.210. The van der Waals surface area contributed by atoms with E-state index >= 15 is 0 Å². The van der Waals surface area contributed by atoms with Gasteiger partial charge in [-0.25, -0.2) is 4.98 Å². The Hall–Kier alpha value is -3.81. The predicted molar refractivity (Wildman–Crippen MR) is 116 cm³/mol. The van der Waals surface area contributed by atoms with E-state index in [0.717, 1.165) is 11.1 Å². The van der Waals surface area contributed by atoms with Crippen LogP contribution in [0.2, 0.25) is 0 Å². The average Bonchev–Trinajstić information content (AvgIpc) is 3.25. The van der Waals surface area contributed by atoms with Crippen molar-refractivity contribution >= 4 is 16.8 Å². The van der Waals surface area contributed by atoms with E-state index in [1.165, 1.54) is 0 Å². The van der Waals surface area contributed by atoms with E-state index in [1.807, 2.05) is 44.2 Å². The van der Waals surface area contributed by atoms with Crippen LogP contribution in [0.5, 0.6) is 0 Å². The van der Waals surface area contributed by atoms with Gasteiger partial charge in [-0.1, -0.05) is 29.8 Å². The summed E-state index contributed by atoms with van der Waals surface area (Å²) in [4.78, 5) is 33.9. The molecule has 158 valence electrons. The van der Waals surface area contributed by atoms with Crippen LogP contribution < -0.4 is 5.56 Å². The third-order valence-corrected chi connectivity index (χ3v) is 5.06. The first kappa shape index (κ1) is 20.5. The molecule has 8 heteroatoms. The molecule has 0 bridgehead atoms. The summed E-state index contributed by atoms with van der Waals surface area (Å²) >= 11 is 0. The number of H-pyrrole nitrogens is 1. The highest BCUT2D eigenvalue weighted by Gasteiger charge is 2.16. The largest absolute Gasteiger partial charge is 0.421 e. The fourth-order valence-electron chi connectivity index (χ4n) is 3.31. The van der Waals surface area contributed by atoms with Crippen LogP contribution in [-0.2, 0) is 17.8 Å². The molecule has 31 heavy (non-hydrogen) atoms. The Morgan fingerprint density at radius 1 is 1.10 bits per heavy atom. The second-order valence-electron chi connectivity index (χ2n) is 7.30. The molecule has 4 aromatic rings. The van der Waals surface area contributed by atoms with Gasteiger partial charge in [0.05, 0.1) is 17.4 Å². The van der Waals surface area contributed by atoms with Gasteiger partial charge in [0, 0.05) is 24.9 Å². The van der Waals surface area contributed by atoms with E-state index in [1.54, 1.807) is 23.1 Å². The van der Waals surface area contributed by atoms with Crippen LogP contribution in [0.1, 0.15) is 30.6 Å². The lowest BCUT2D eigenvalue weighted by molar-refractivity contribution is -0.131. The zero-order valence-corrected chi connectivity index (χ0v) is 17.5. The summed E-state index contributed by atoms with van der Waals surface area (Å²) in [6, 6.07) is 14.9. The Kier molecular flexibility index (Phi) is 5.88. The van der Waals surface area contributed by atoms with Crippen molar-refractivity contribution in [2.75, 3.05) is 6.54 Å². The van der Waals surface area contributed by atoms with E-state index < -0.39 is 0 Å². The third kappa shape index (κ3) is 4.69. The Morgan fingerprint density at radius 3 is 2.65 bits per heavy atom. The highest BCUT2D eigenvalue weighted by atomic mass is 16.4. The number of carbonyl (C=O) groups excluding carboxylic acids is 1. The van der Waals surface area contributed by atoms with Crippen LogP contribution in [0, 0.1) is 6.92 Å². The van der Waals surface area contributed by atoms with Gasteiger partial charge in [-0.2, -0.15) is 0 Å². The predicted octanol–water partition coefficient (Wildman–Crippen LogP) is 3.26. The summed E-state index contributed by atoms with van der Waals surface area (Å²) in [5.74, 6) is 1.23. The normalized spacial score (nSPS) is 11.0. The first-order chi connectivity index (χ1) is 15.0. The lowest BCUT2D eigenvalue weighted by atomic mass is 10.1. The first-order valence-electron chi connectivity index (χ1n) is 10.2. The maximum Gasteiger partial charge on any atom is 0.258 e. The molecule has 0 aliphatic carbocycles. The average molecular weight is 417 g/mol. The number of amides is 1. The van der Waals surface area contributed by atoms with Crippen LogP contribution in [0.4, 0.5) is 0 Å². The van der Waals surface area contributed by atoms with E-state index in [9.17, 15) is 9.59 Å². The number of rotatable bonds is 7. The van der Waals surface area contributed by atoms with Crippen molar-refractivity contribution in [3.8, 4) is 11.5 Å². The molecule has 0 atom stereocenters. The fraction of sp³-hybridized carbons (Fsp3) is 0.261. The van der Waals surface area contributed by atoms with Crippen molar-refractivity contribution in [3.63, 3.8) is 0 Å². The summed E-state index contributed by atoms with van der Waals surface area (Å²) in [6.45, 7) is 4.62. The molecule has 0 aliphatic heterocycles. The molecule has 2 aromatic heterocycles. The van der Waals surface area contributed by atoms with Crippen molar-refractivity contribution < 1.29 is 9.21 Å². The molecule has 0 aliphatic rings. The number of aromatic amines is 1. The molecule has 1 N–H and O–H groups in total. The minimum absolute atomic E-state index is 0.0756. The standard InChI is InChI=1S/C23H23N5O3/c1-3-28(14-19-24-18-7-5-4-6-17(18)22(30)25-19)21(29)13-12-20-26-27-23(31-20)16-10-8-15(2)9-11-16/h4-11H,3,12-14H2,1-2H3,(H,24,25,30). The number of nitrogens with zero attached hydrogens (tertiary/aromatic N) is 4. The summed E-state index contributed by atoms with van der Waals surface area (Å²) in [5, 5.41) is 8.66. The maximum atomic E-state index is 12.7. The molecule has 4 rings (SSSR count). The summed E-state index contributed by atoms with van der Waals surface area (Å²) in [7, 11) is 0. The molecule has 2 aromatic carbocycles. The summed E-state index contributed by atoms with van der Waals surface area (Å²) in [5.41, 5.74) is 2.39. The summed E-state index contributed by atoms with van der Waals surface area (Å²) in [6.07, 6.45) is 0.567. The molecule has 0 saturated heterocycles. The van der Waals surface area contributed by atoms with Gasteiger partial charge >= 0.3 is 0 Å². The molecular formula is C23H23N5O3. The monoisotopic (exact) mass is 417 g/mol. The molecular weight excluding hydrogens is 394 g/mol. The quantitative estimate of drug-likeness (QED) is 0.495. The SMILES string of the molecule is CCN(Cc1nc2ccccc2c(=O)[nH]1)C(=O)CCc1nnc(-c2ccc(C)cc2)o1. The third-order valence-electron chi connectivity index (χ3n) is 5.06. The number of benzene rings is 2. The number of para-hydroxylation sites is 1. The number of hydrogen-bond acceptors (Lipinski definition) is 6. The van der Waals surface area contributed by atoms with Crippen molar-refractivity contribution in [3.05, 3.63) is 76.2 Å². The topological polar surface area (TPSA) is 105 Å². The van der Waals surface area contributed by atoms with Gasteiger partial charge < -0.3 is 14.3 Å². The Labute approximate surface area is 179 Å². The van der Waals surface area contributed by atoms with E-state index in [4.69, 9.17) is 4.42 Å². The zero-order chi connectivity index (χ0) is 21.8. The molecule has 0 unspecified atom stereocenters. The Balaban J connectivity index is 1.41. The number of hydrogen-bond donors (Lipinski definition) is 1. The van der Waals surface area contributed by atoms with Gasteiger partial charge in [0.1, 0.15) is 5.82 Å². The van der Waals surface area contributed by atoms with Crippen molar-refractivity contribution in [2.45, 2.75) is 33.2 Å². The second kappa shape index (κ2) is 8.91. The molecule has 8 nitrogen and oxygen atoms in total. The number of aryl methyl sites for hydroxylation is 2. The van der Waals surface area contributed by atoms with Gasteiger partial charge in [0.2, 0.25) is 17.7 Å². The maximum absolute atomic E-state index is 12.7. The number of fused-ring (bicyclic) bond motifs is 1. The first-order valence-corrected chi connectivity index (χ1v) is 10.2. The van der Waals surface area contributed by atoms with E-state index in [2.05, 4.69) is 20.2 Å². The van der Waals surface area contributed by atoms with Crippen molar-refractivity contribution in [2.24, 2.45) is 0 Å². The lowest BCUT2D eigenvalue weighted by Crippen LogP contribution is -2.32. The van der Waals surface area contributed by atoms with E-state index in [-0.39, 0.29) is 24.4 Å². The van der Waals surface area contributed by atoms with Crippen LogP contribution in [0.3, 0.4) is 0 Å². The highest BCUT2D eigenvalue weighted by Crippen LogP contribution is 2.19. The van der Waals surface area contributed by atoms with Crippen LogP contribution in [0.15, 0.2) is 57.7 Å². The van der Waals surface area contributed by atoms with Crippen molar-refractivity contribution in [1.82, 2.24) is 25.1 Å². The molecule has 1 amide bonds. The van der Waals surface area contributed by atoms with Crippen LogP contribution in [-0.4, -0.2) is 37.5 Å². The van der Waals surface area contributed by atoms with Gasteiger partial charge in [-0.05, 0) is 38.1 Å². The molecule has 2 heterocycles. The molecule has 0 radical (unpaired) electrons. The number of nitrogens with one attached hydrogen (secondary N) is 1. The van der Waals surface area contributed by atoms with Gasteiger partial charge in [-0.3, -0.25) is 9.59 Å². The van der Waals surface area contributed by atoms with Crippen molar-refractivity contribution in [1.29, 1.82) is 0 Å². The fourth-order valence-corrected chi connectivity index (χ4v) is 3.31. The van der Waals surface area contributed by atoms with Gasteiger partial charge in [-0.15, -0.1) is 10.2 Å². The van der Waals surface area contributed by atoms with Crippen LogP contribution in [0.25, 0.3) is 22.4 Å². The van der Waals surface area contributed by atoms with E-state index in [0.29, 0.717) is 41.5 Å². The van der Waals surface area contributed by atoms with Gasteiger partial charge in [0.25, 0.3) is 5.56 Å². The zero-order valence-electron chi connectivity index (χ0n) is 17.5. The molecule has 0 saturated carbocycles. The van der Waals surface area contributed by atoms with Gasteiger partial charge in [0.15, 0.2) is 0 Å². The Morgan fingerprint density at radius 2 is 1.87 bits per heavy atom. The second-order valence-corrected chi connectivity index (χ2v) is 7.30. The number of carbonyl (C=O) groups is 1. The molecule has 0 fully saturated rings. The lowest BCUT2D eigenvalue weighted by Gasteiger charge is -2.20.